The average molecular weight is 268 g/mol. The summed E-state index contributed by atoms with van der Waals surface area (Å²) in [5, 5.41) is 0. The molecule has 0 bridgehead atoms. The van der Waals surface area contributed by atoms with Crippen LogP contribution in [0.4, 0.5) is 0 Å². The van der Waals surface area contributed by atoms with Crippen molar-refractivity contribution in [3.8, 4) is 0 Å². The van der Waals surface area contributed by atoms with Crippen LogP contribution in [0, 0.1) is 0 Å². The molecule has 0 aliphatic carbocycles. The van der Waals surface area contributed by atoms with Gasteiger partial charge in [-0.25, -0.2) is 4.98 Å². The standard InChI is InChI=1S/C13H24N4S/c1-3-5-17-10-15-8-13(17)12(7-14)16(2)11-4-6-18-9-11/h8,10-12H,3-7,9,14H2,1-2H3. The highest BCUT2D eigenvalue weighted by atomic mass is 32.2. The first-order valence-electron chi connectivity index (χ1n) is 6.77. The monoisotopic (exact) mass is 268 g/mol. The van der Waals surface area contributed by atoms with Crippen molar-refractivity contribution in [1.29, 1.82) is 0 Å². The summed E-state index contributed by atoms with van der Waals surface area (Å²) in [6, 6.07) is 0.955. The minimum Gasteiger partial charge on any atom is -0.333 e. The third-order valence-corrected chi connectivity index (χ3v) is 4.89. The lowest BCUT2D eigenvalue weighted by Crippen LogP contribution is -2.39. The summed E-state index contributed by atoms with van der Waals surface area (Å²) in [5.74, 6) is 2.51. The van der Waals surface area contributed by atoms with E-state index in [4.69, 9.17) is 5.73 Å². The molecule has 1 aliphatic heterocycles. The van der Waals surface area contributed by atoms with Crippen LogP contribution >= 0.6 is 11.8 Å². The molecule has 1 fully saturated rings. The van der Waals surface area contributed by atoms with Gasteiger partial charge in [-0.3, -0.25) is 4.90 Å². The second-order valence-corrected chi connectivity index (χ2v) is 6.10. The highest BCUT2D eigenvalue weighted by Crippen LogP contribution is 2.28. The van der Waals surface area contributed by atoms with Gasteiger partial charge in [0.1, 0.15) is 0 Å². The van der Waals surface area contributed by atoms with E-state index in [0.29, 0.717) is 18.6 Å². The van der Waals surface area contributed by atoms with Gasteiger partial charge in [-0.2, -0.15) is 11.8 Å². The van der Waals surface area contributed by atoms with E-state index in [-0.39, 0.29) is 0 Å². The van der Waals surface area contributed by atoms with Crippen molar-refractivity contribution in [3.63, 3.8) is 0 Å². The zero-order valence-electron chi connectivity index (χ0n) is 11.4. The zero-order valence-corrected chi connectivity index (χ0v) is 12.2. The maximum absolute atomic E-state index is 6.01. The van der Waals surface area contributed by atoms with Crippen molar-refractivity contribution in [2.24, 2.45) is 5.73 Å². The van der Waals surface area contributed by atoms with Crippen molar-refractivity contribution in [2.75, 3.05) is 25.1 Å². The van der Waals surface area contributed by atoms with Crippen LogP contribution in [0.15, 0.2) is 12.5 Å². The Morgan fingerprint density at radius 1 is 1.67 bits per heavy atom. The average Bonchev–Trinajstić information content (AvgIpc) is 3.02. The lowest BCUT2D eigenvalue weighted by atomic mass is 10.1. The Labute approximate surface area is 114 Å². The first kappa shape index (κ1) is 13.9. The molecule has 1 aliphatic rings. The van der Waals surface area contributed by atoms with Gasteiger partial charge < -0.3 is 10.3 Å². The van der Waals surface area contributed by atoms with Gasteiger partial charge in [0, 0.05) is 31.1 Å². The Morgan fingerprint density at radius 3 is 3.11 bits per heavy atom. The summed E-state index contributed by atoms with van der Waals surface area (Å²) < 4.78 is 2.25. The molecule has 0 radical (unpaired) electrons. The van der Waals surface area contributed by atoms with E-state index in [9.17, 15) is 0 Å². The molecule has 102 valence electrons. The van der Waals surface area contributed by atoms with Gasteiger partial charge in [-0.15, -0.1) is 0 Å². The van der Waals surface area contributed by atoms with Crippen LogP contribution in [-0.2, 0) is 6.54 Å². The quantitative estimate of drug-likeness (QED) is 0.853. The lowest BCUT2D eigenvalue weighted by Gasteiger charge is -2.32. The molecule has 2 unspecified atom stereocenters. The second kappa shape index (κ2) is 6.59. The van der Waals surface area contributed by atoms with Gasteiger partial charge in [-0.05, 0) is 25.6 Å². The molecule has 0 saturated carbocycles. The first-order valence-corrected chi connectivity index (χ1v) is 7.93. The fraction of sp³-hybridized carbons (Fsp3) is 0.769. The summed E-state index contributed by atoms with van der Waals surface area (Å²) in [6.07, 6.45) is 6.31. The molecule has 0 aromatic carbocycles. The lowest BCUT2D eigenvalue weighted by molar-refractivity contribution is 0.185. The van der Waals surface area contributed by atoms with Crippen LogP contribution in [0.1, 0.15) is 31.5 Å². The minimum atomic E-state index is 0.294. The third kappa shape index (κ3) is 2.90. The molecular formula is C13H24N4S. The summed E-state index contributed by atoms with van der Waals surface area (Å²) in [6.45, 7) is 3.88. The maximum atomic E-state index is 6.01. The molecule has 1 aromatic heterocycles. The highest BCUT2D eigenvalue weighted by Gasteiger charge is 2.27. The van der Waals surface area contributed by atoms with E-state index in [1.165, 1.54) is 23.6 Å². The number of aromatic nitrogens is 2. The number of hydrogen-bond acceptors (Lipinski definition) is 4. The molecule has 2 atom stereocenters. The Balaban J connectivity index is 2.13. The third-order valence-electron chi connectivity index (χ3n) is 3.75. The molecule has 5 heteroatoms. The van der Waals surface area contributed by atoms with Crippen LogP contribution in [0.2, 0.25) is 0 Å². The van der Waals surface area contributed by atoms with Crippen LogP contribution in [0.5, 0.6) is 0 Å². The fourth-order valence-corrected chi connectivity index (χ4v) is 3.91. The topological polar surface area (TPSA) is 47.1 Å². The molecule has 2 heterocycles. The Morgan fingerprint density at radius 2 is 2.50 bits per heavy atom. The minimum absolute atomic E-state index is 0.294. The molecule has 0 amide bonds. The fourth-order valence-electron chi connectivity index (χ4n) is 2.63. The van der Waals surface area contributed by atoms with Crippen molar-refractivity contribution in [1.82, 2.24) is 14.5 Å². The molecule has 2 rings (SSSR count). The second-order valence-electron chi connectivity index (χ2n) is 4.95. The van der Waals surface area contributed by atoms with E-state index in [1.54, 1.807) is 0 Å². The summed E-state index contributed by atoms with van der Waals surface area (Å²) in [4.78, 5) is 6.74. The van der Waals surface area contributed by atoms with E-state index in [1.807, 2.05) is 24.3 Å². The molecule has 4 nitrogen and oxygen atoms in total. The van der Waals surface area contributed by atoms with Crippen molar-refractivity contribution >= 4 is 11.8 Å². The number of likely N-dealkylation sites (N-methyl/N-ethyl adjacent to an activating group) is 1. The Hall–Kier alpha value is -0.520. The predicted molar refractivity (Wildman–Crippen MR) is 77.8 cm³/mol. The number of thioether (sulfide) groups is 1. The number of imidazole rings is 1. The predicted octanol–water partition coefficient (Wildman–Crippen LogP) is 1.73. The molecule has 1 aromatic rings. The van der Waals surface area contributed by atoms with Gasteiger partial charge in [0.25, 0.3) is 0 Å². The smallest absolute Gasteiger partial charge is 0.0948 e. The normalized spacial score (nSPS) is 21.7. The van der Waals surface area contributed by atoms with E-state index >= 15 is 0 Å². The maximum Gasteiger partial charge on any atom is 0.0948 e. The van der Waals surface area contributed by atoms with Crippen LogP contribution in [0.25, 0.3) is 0 Å². The number of nitrogens with zero attached hydrogens (tertiary/aromatic N) is 3. The van der Waals surface area contributed by atoms with Crippen LogP contribution < -0.4 is 5.73 Å². The molecular weight excluding hydrogens is 244 g/mol. The Kier molecular flexibility index (Phi) is 5.09. The van der Waals surface area contributed by atoms with Crippen LogP contribution in [-0.4, -0.2) is 45.6 Å². The largest absolute Gasteiger partial charge is 0.333 e. The number of hydrogen-bond donors (Lipinski definition) is 1. The van der Waals surface area contributed by atoms with Crippen LogP contribution in [0.3, 0.4) is 0 Å². The zero-order chi connectivity index (χ0) is 13.0. The number of nitrogens with two attached hydrogens (primary N) is 1. The SMILES string of the molecule is CCCn1cncc1C(CN)N(C)C1CCSC1. The summed E-state index contributed by atoms with van der Waals surface area (Å²) in [5.41, 5.74) is 7.27. The molecule has 2 N–H and O–H groups in total. The first-order chi connectivity index (χ1) is 8.77. The van der Waals surface area contributed by atoms with Crippen molar-refractivity contribution < 1.29 is 0 Å². The summed E-state index contributed by atoms with van der Waals surface area (Å²) in [7, 11) is 2.21. The molecule has 18 heavy (non-hydrogen) atoms. The highest BCUT2D eigenvalue weighted by molar-refractivity contribution is 7.99. The van der Waals surface area contributed by atoms with Gasteiger partial charge >= 0.3 is 0 Å². The molecule has 0 spiro atoms. The Bertz CT molecular complexity index is 360. The van der Waals surface area contributed by atoms with E-state index in [0.717, 1.165) is 13.0 Å². The van der Waals surface area contributed by atoms with Crippen molar-refractivity contribution in [2.45, 2.75) is 38.4 Å². The van der Waals surface area contributed by atoms with E-state index < -0.39 is 0 Å². The van der Waals surface area contributed by atoms with Crippen molar-refractivity contribution in [3.05, 3.63) is 18.2 Å². The number of aryl methyl sites for hydroxylation is 1. The van der Waals surface area contributed by atoms with Gasteiger partial charge in [0.15, 0.2) is 0 Å². The number of rotatable bonds is 6. The van der Waals surface area contributed by atoms with Gasteiger partial charge in [0.2, 0.25) is 0 Å². The summed E-state index contributed by atoms with van der Waals surface area (Å²) >= 11 is 2.05. The van der Waals surface area contributed by atoms with Gasteiger partial charge in [0.05, 0.1) is 18.1 Å². The van der Waals surface area contributed by atoms with Gasteiger partial charge in [-0.1, -0.05) is 6.92 Å². The molecule has 1 saturated heterocycles. The van der Waals surface area contributed by atoms with E-state index in [2.05, 4.69) is 28.4 Å².